The second kappa shape index (κ2) is 9.82. The number of rotatable bonds is 2. The van der Waals surface area contributed by atoms with E-state index in [1.807, 2.05) is 18.7 Å². The molecule has 1 aromatic carbocycles. The van der Waals surface area contributed by atoms with Crippen molar-refractivity contribution in [1.82, 2.24) is 14.8 Å². The van der Waals surface area contributed by atoms with E-state index in [-0.39, 0.29) is 65.6 Å². The SMILES string of the molecule is CC(C)(C)OC(=O)N1CCN2C(=O)c3c(N4CC(O)CC4(C)C)nc(-c4ccccc4F)c(Cl)c3OCC2C1. The normalized spacial score (nSPS) is 22.7. The van der Waals surface area contributed by atoms with Crippen LogP contribution in [0.5, 0.6) is 5.75 Å². The van der Waals surface area contributed by atoms with Crippen molar-refractivity contribution < 1.29 is 28.6 Å². The third-order valence-corrected chi connectivity index (χ3v) is 7.70. The zero-order chi connectivity index (χ0) is 28.3. The van der Waals surface area contributed by atoms with Crippen LogP contribution in [0.4, 0.5) is 15.0 Å². The number of benzene rings is 1. The molecule has 0 spiro atoms. The molecule has 0 aliphatic carbocycles. The molecule has 0 saturated carbocycles. The lowest BCUT2D eigenvalue weighted by molar-refractivity contribution is 0.000952. The highest BCUT2D eigenvalue weighted by molar-refractivity contribution is 6.35. The molecule has 2 aromatic rings. The minimum atomic E-state index is -0.648. The van der Waals surface area contributed by atoms with E-state index in [9.17, 15) is 19.1 Å². The Labute approximate surface area is 232 Å². The maximum absolute atomic E-state index is 14.9. The van der Waals surface area contributed by atoms with Gasteiger partial charge in [-0.15, -0.1) is 0 Å². The molecule has 1 aromatic heterocycles. The van der Waals surface area contributed by atoms with E-state index in [1.165, 1.54) is 6.07 Å². The Morgan fingerprint density at radius 3 is 2.59 bits per heavy atom. The summed E-state index contributed by atoms with van der Waals surface area (Å²) in [6.45, 7) is 10.4. The summed E-state index contributed by atoms with van der Waals surface area (Å²) < 4.78 is 26.7. The van der Waals surface area contributed by atoms with Crippen molar-refractivity contribution in [3.05, 3.63) is 40.7 Å². The van der Waals surface area contributed by atoms with Gasteiger partial charge in [-0.25, -0.2) is 14.2 Å². The standard InChI is InChI=1S/C28H34ClFN4O5/c1-27(2,3)39-26(37)32-10-11-33-16(13-32)15-38-23-20(25(33)36)24(34-14-17(35)12-28(34,4)5)31-22(21(23)29)18-8-6-7-9-19(18)30/h6-9,16-17,35H,10-15H2,1-5H3. The van der Waals surface area contributed by atoms with Crippen LogP contribution in [-0.2, 0) is 4.74 Å². The van der Waals surface area contributed by atoms with Gasteiger partial charge in [0.25, 0.3) is 5.91 Å². The largest absolute Gasteiger partial charge is 0.489 e. The number of carbonyl (C=O) groups is 2. The number of piperazine rings is 1. The summed E-state index contributed by atoms with van der Waals surface area (Å²) in [7, 11) is 0. The Hall–Kier alpha value is -3.11. The molecule has 2 amide bonds. The van der Waals surface area contributed by atoms with E-state index in [2.05, 4.69) is 0 Å². The van der Waals surface area contributed by atoms with Gasteiger partial charge in [-0.2, -0.15) is 0 Å². The molecule has 2 unspecified atom stereocenters. The van der Waals surface area contributed by atoms with Gasteiger partial charge in [-0.3, -0.25) is 4.79 Å². The van der Waals surface area contributed by atoms with Gasteiger partial charge in [0, 0.05) is 37.3 Å². The number of ether oxygens (including phenoxy) is 2. The van der Waals surface area contributed by atoms with Crippen molar-refractivity contribution in [1.29, 1.82) is 0 Å². The number of amides is 2. The summed E-state index contributed by atoms with van der Waals surface area (Å²) in [4.78, 5) is 36.8. The van der Waals surface area contributed by atoms with E-state index < -0.39 is 35.2 Å². The summed E-state index contributed by atoms with van der Waals surface area (Å²) in [5.41, 5.74) is -0.677. The van der Waals surface area contributed by atoms with Crippen molar-refractivity contribution in [2.75, 3.05) is 37.7 Å². The Balaban J connectivity index is 1.59. The van der Waals surface area contributed by atoms with Crippen LogP contribution in [-0.4, -0.2) is 88.0 Å². The van der Waals surface area contributed by atoms with E-state index in [1.54, 1.807) is 48.8 Å². The van der Waals surface area contributed by atoms with Crippen LogP contribution in [0.3, 0.4) is 0 Å². The summed E-state index contributed by atoms with van der Waals surface area (Å²) >= 11 is 6.82. The molecule has 11 heteroatoms. The molecule has 1 N–H and O–H groups in total. The maximum atomic E-state index is 14.9. The molecule has 3 aliphatic heterocycles. The zero-order valence-corrected chi connectivity index (χ0v) is 23.6. The van der Waals surface area contributed by atoms with Gasteiger partial charge in [0.05, 0.1) is 17.8 Å². The third-order valence-electron chi connectivity index (χ3n) is 7.35. The predicted molar refractivity (Wildman–Crippen MR) is 145 cm³/mol. The maximum Gasteiger partial charge on any atom is 0.410 e. The monoisotopic (exact) mass is 560 g/mol. The minimum Gasteiger partial charge on any atom is -0.489 e. The molecule has 2 fully saturated rings. The van der Waals surface area contributed by atoms with Crippen LogP contribution in [0, 0.1) is 5.82 Å². The first-order valence-corrected chi connectivity index (χ1v) is 13.5. The summed E-state index contributed by atoms with van der Waals surface area (Å²) in [5, 5.41) is 10.6. The lowest BCUT2D eigenvalue weighted by atomic mass is 10.00. The molecule has 2 atom stereocenters. The molecule has 0 radical (unpaired) electrons. The fourth-order valence-corrected chi connectivity index (χ4v) is 5.84. The molecule has 0 bridgehead atoms. The zero-order valence-electron chi connectivity index (χ0n) is 22.8. The number of fused-ring (bicyclic) bond motifs is 2. The van der Waals surface area contributed by atoms with Crippen LogP contribution in [0.15, 0.2) is 24.3 Å². The first-order chi connectivity index (χ1) is 18.3. The second-order valence-corrected chi connectivity index (χ2v) is 12.3. The number of carbonyl (C=O) groups excluding carboxylic acids is 2. The molecular weight excluding hydrogens is 527 g/mol. The van der Waals surface area contributed by atoms with E-state index in [0.29, 0.717) is 13.0 Å². The van der Waals surface area contributed by atoms with Gasteiger partial charge in [-0.1, -0.05) is 23.7 Å². The molecule has 4 heterocycles. The third kappa shape index (κ3) is 5.12. The van der Waals surface area contributed by atoms with Crippen molar-refractivity contribution in [2.45, 2.75) is 64.3 Å². The van der Waals surface area contributed by atoms with Gasteiger partial charge < -0.3 is 29.3 Å². The average molecular weight is 561 g/mol. The average Bonchev–Trinajstić information content (AvgIpc) is 3.03. The van der Waals surface area contributed by atoms with Crippen molar-refractivity contribution in [2.24, 2.45) is 0 Å². The first kappa shape index (κ1) is 27.5. The van der Waals surface area contributed by atoms with Crippen molar-refractivity contribution in [3.63, 3.8) is 0 Å². The highest BCUT2D eigenvalue weighted by Gasteiger charge is 2.45. The number of halogens is 2. The molecule has 9 nitrogen and oxygen atoms in total. The number of pyridine rings is 1. The van der Waals surface area contributed by atoms with Crippen LogP contribution in [0.1, 0.15) is 51.4 Å². The smallest absolute Gasteiger partial charge is 0.410 e. The fraction of sp³-hybridized carbons (Fsp3) is 0.536. The van der Waals surface area contributed by atoms with Gasteiger partial charge in [0.1, 0.15) is 34.4 Å². The number of anilines is 1. The van der Waals surface area contributed by atoms with E-state index >= 15 is 0 Å². The van der Waals surface area contributed by atoms with Crippen LogP contribution >= 0.6 is 11.6 Å². The number of aliphatic hydroxyl groups excluding tert-OH is 1. The highest BCUT2D eigenvalue weighted by Crippen LogP contribution is 2.46. The lowest BCUT2D eigenvalue weighted by Crippen LogP contribution is -2.58. The Morgan fingerprint density at radius 2 is 1.95 bits per heavy atom. The number of nitrogens with zero attached hydrogens (tertiary/aromatic N) is 4. The number of aliphatic hydroxyl groups is 1. The van der Waals surface area contributed by atoms with Gasteiger partial charge in [-0.05, 0) is 53.2 Å². The van der Waals surface area contributed by atoms with Gasteiger partial charge in [0.2, 0.25) is 0 Å². The molecule has 210 valence electrons. The number of aromatic nitrogens is 1. The molecular formula is C28H34ClFN4O5. The molecule has 3 aliphatic rings. The molecule has 39 heavy (non-hydrogen) atoms. The fourth-order valence-electron chi connectivity index (χ4n) is 5.55. The number of hydrogen-bond acceptors (Lipinski definition) is 7. The Bertz CT molecular complexity index is 1310. The first-order valence-electron chi connectivity index (χ1n) is 13.1. The minimum absolute atomic E-state index is 0.0357. The summed E-state index contributed by atoms with van der Waals surface area (Å²) in [6, 6.07) is 5.70. The molecule has 2 saturated heterocycles. The van der Waals surface area contributed by atoms with Gasteiger partial charge >= 0.3 is 6.09 Å². The quantitative estimate of drug-likeness (QED) is 0.583. The Kier molecular flexibility index (Phi) is 6.91. The lowest BCUT2D eigenvalue weighted by Gasteiger charge is -2.40. The Morgan fingerprint density at radius 1 is 1.23 bits per heavy atom. The van der Waals surface area contributed by atoms with E-state index in [0.717, 1.165) is 0 Å². The van der Waals surface area contributed by atoms with Crippen LogP contribution in [0.2, 0.25) is 5.02 Å². The second-order valence-electron chi connectivity index (χ2n) is 12.0. The molecule has 5 rings (SSSR count). The number of hydrogen-bond donors (Lipinski definition) is 1. The number of β-amino-alcohol motifs (C(OH)–C–C–N with tert-alkyl or cyclic N) is 1. The summed E-state index contributed by atoms with van der Waals surface area (Å²) in [5.74, 6) is -0.434. The topological polar surface area (TPSA) is 95.4 Å². The van der Waals surface area contributed by atoms with Crippen LogP contribution < -0.4 is 9.64 Å². The van der Waals surface area contributed by atoms with Crippen molar-refractivity contribution >= 4 is 29.4 Å². The van der Waals surface area contributed by atoms with E-state index in [4.69, 9.17) is 26.1 Å². The highest BCUT2D eigenvalue weighted by atomic mass is 35.5. The summed E-state index contributed by atoms with van der Waals surface area (Å²) in [6.07, 6.45) is -0.615. The van der Waals surface area contributed by atoms with Gasteiger partial charge in [0.15, 0.2) is 5.75 Å². The predicted octanol–water partition coefficient (Wildman–Crippen LogP) is 4.34. The van der Waals surface area contributed by atoms with Crippen LogP contribution in [0.25, 0.3) is 11.3 Å². The van der Waals surface area contributed by atoms with Crippen molar-refractivity contribution in [3.8, 4) is 17.0 Å².